The predicted octanol–water partition coefficient (Wildman–Crippen LogP) is 1.69. The highest BCUT2D eigenvalue weighted by Gasteiger charge is 2.41. The molecule has 0 unspecified atom stereocenters. The van der Waals surface area contributed by atoms with Crippen LogP contribution in [0.5, 0.6) is 0 Å². The fourth-order valence-corrected chi connectivity index (χ4v) is 3.04. The number of halogens is 1. The molecule has 3 nitrogen and oxygen atoms in total. The molecule has 0 saturated heterocycles. The number of rotatable bonds is 6. The van der Waals surface area contributed by atoms with E-state index < -0.39 is 10.0 Å². The normalized spacial score (nSPS) is 23.0. The summed E-state index contributed by atoms with van der Waals surface area (Å²) >= 11 is 2.98. The van der Waals surface area contributed by atoms with Crippen LogP contribution in [0, 0.1) is 17.8 Å². The molecule has 0 bridgehead atoms. The second kappa shape index (κ2) is 4.10. The number of hydrogen-bond donors (Lipinski definition) is 1. The molecule has 0 atom stereocenters. The van der Waals surface area contributed by atoms with Gasteiger partial charge in [0, 0.05) is 6.54 Å². The Morgan fingerprint density at radius 2 is 1.71 bits per heavy atom. The number of hydrogen-bond acceptors (Lipinski definition) is 2. The highest BCUT2D eigenvalue weighted by Crippen LogP contribution is 2.48. The van der Waals surface area contributed by atoms with Gasteiger partial charge in [-0.1, -0.05) is 15.9 Å². The third kappa shape index (κ3) is 2.94. The van der Waals surface area contributed by atoms with E-state index in [-0.39, 0.29) is 4.66 Å². The summed E-state index contributed by atoms with van der Waals surface area (Å²) in [4.78, 5) is 0. The Hall–Kier alpha value is 0.390. The van der Waals surface area contributed by atoms with E-state index in [1.165, 1.54) is 25.7 Å². The Morgan fingerprint density at radius 3 is 2.07 bits per heavy atom. The van der Waals surface area contributed by atoms with Crippen molar-refractivity contribution in [3.8, 4) is 0 Å². The van der Waals surface area contributed by atoms with Crippen LogP contribution in [0.1, 0.15) is 25.7 Å². The summed E-state index contributed by atoms with van der Waals surface area (Å²) in [6, 6.07) is 0. The molecule has 2 fully saturated rings. The molecule has 2 aliphatic rings. The van der Waals surface area contributed by atoms with Crippen LogP contribution in [0.3, 0.4) is 0 Å². The number of sulfonamides is 1. The molecule has 0 aromatic carbocycles. The molecule has 0 aromatic rings. The van der Waals surface area contributed by atoms with Crippen LogP contribution in [-0.4, -0.2) is 19.6 Å². The van der Waals surface area contributed by atoms with E-state index in [0.717, 1.165) is 11.8 Å². The quantitative estimate of drug-likeness (QED) is 0.754. The zero-order chi connectivity index (χ0) is 10.2. The minimum atomic E-state index is -3.06. The zero-order valence-corrected chi connectivity index (χ0v) is 10.5. The Kier molecular flexibility index (Phi) is 3.19. The third-order valence-corrected chi connectivity index (χ3v) is 5.84. The largest absolute Gasteiger partial charge is 0.221 e. The Bertz CT molecular complexity index is 284. The van der Waals surface area contributed by atoms with E-state index in [4.69, 9.17) is 0 Å². The molecule has 14 heavy (non-hydrogen) atoms. The first-order valence-corrected chi connectivity index (χ1v) is 7.93. The van der Waals surface area contributed by atoms with Gasteiger partial charge in [-0.25, -0.2) is 13.1 Å². The maximum absolute atomic E-state index is 11.2. The van der Waals surface area contributed by atoms with E-state index in [1.54, 1.807) is 0 Å². The first-order chi connectivity index (χ1) is 6.62. The summed E-state index contributed by atoms with van der Waals surface area (Å²) in [5.41, 5.74) is 0. The van der Waals surface area contributed by atoms with Gasteiger partial charge in [-0.2, -0.15) is 0 Å². The molecule has 0 aliphatic heterocycles. The van der Waals surface area contributed by atoms with E-state index in [0.29, 0.717) is 12.5 Å². The second-order valence-corrected chi connectivity index (χ2v) is 7.52. The van der Waals surface area contributed by atoms with Crippen molar-refractivity contribution in [3.05, 3.63) is 0 Å². The van der Waals surface area contributed by atoms with Crippen LogP contribution < -0.4 is 4.72 Å². The highest BCUT2D eigenvalue weighted by atomic mass is 79.9. The first-order valence-electron chi connectivity index (χ1n) is 5.15. The van der Waals surface area contributed by atoms with Gasteiger partial charge >= 0.3 is 0 Å². The summed E-state index contributed by atoms with van der Waals surface area (Å²) in [7, 11) is -3.06. The van der Waals surface area contributed by atoms with E-state index in [1.807, 2.05) is 0 Å². The first kappa shape index (κ1) is 10.9. The average Bonchev–Trinajstić information content (AvgIpc) is 2.99. The fourth-order valence-electron chi connectivity index (χ4n) is 2.03. The van der Waals surface area contributed by atoms with Crippen molar-refractivity contribution in [1.29, 1.82) is 0 Å². The van der Waals surface area contributed by atoms with Crippen LogP contribution in [0.2, 0.25) is 0 Å². The predicted molar refractivity (Wildman–Crippen MR) is 59.7 cm³/mol. The summed E-state index contributed by atoms with van der Waals surface area (Å²) in [6.45, 7) is 0.656. The Balaban J connectivity index is 1.82. The second-order valence-electron chi connectivity index (χ2n) is 4.41. The topological polar surface area (TPSA) is 46.2 Å². The molecule has 2 rings (SSSR count). The van der Waals surface area contributed by atoms with Gasteiger partial charge in [0.25, 0.3) is 0 Å². The van der Waals surface area contributed by atoms with Crippen LogP contribution >= 0.6 is 15.9 Å². The molecule has 82 valence electrons. The van der Waals surface area contributed by atoms with Gasteiger partial charge in [-0.3, -0.25) is 0 Å². The Morgan fingerprint density at radius 1 is 1.21 bits per heavy atom. The van der Waals surface area contributed by atoms with E-state index >= 15 is 0 Å². The molecular weight excluding hydrogens is 266 g/mol. The van der Waals surface area contributed by atoms with Crippen molar-refractivity contribution in [2.75, 3.05) is 11.2 Å². The molecule has 0 aromatic heterocycles. The van der Waals surface area contributed by atoms with Crippen molar-refractivity contribution in [3.63, 3.8) is 0 Å². The standard InChI is InChI=1S/C9H16BrNO2S/c10-6-14(12,13)11-5-9(7-1-2-7)8-3-4-8/h7-9,11H,1-6H2. The average molecular weight is 282 g/mol. The monoisotopic (exact) mass is 281 g/mol. The maximum Gasteiger partial charge on any atom is 0.221 e. The third-order valence-electron chi connectivity index (χ3n) is 3.14. The molecule has 0 heterocycles. The van der Waals surface area contributed by atoms with Crippen molar-refractivity contribution < 1.29 is 8.42 Å². The maximum atomic E-state index is 11.2. The number of alkyl halides is 1. The lowest BCUT2D eigenvalue weighted by Crippen LogP contribution is -2.31. The molecule has 0 amide bonds. The summed E-state index contributed by atoms with van der Waals surface area (Å²) in [6.07, 6.45) is 5.21. The molecule has 0 spiro atoms. The SMILES string of the molecule is O=S(=O)(CBr)NCC(C1CC1)C1CC1. The van der Waals surface area contributed by atoms with Gasteiger partial charge in [0.05, 0.1) is 0 Å². The lowest BCUT2D eigenvalue weighted by molar-refractivity contribution is 0.402. The van der Waals surface area contributed by atoms with Crippen LogP contribution in [-0.2, 0) is 10.0 Å². The van der Waals surface area contributed by atoms with Crippen LogP contribution in [0.25, 0.3) is 0 Å². The molecular formula is C9H16BrNO2S. The van der Waals surface area contributed by atoms with Gasteiger partial charge in [-0.15, -0.1) is 0 Å². The van der Waals surface area contributed by atoms with Crippen molar-refractivity contribution in [1.82, 2.24) is 4.72 Å². The van der Waals surface area contributed by atoms with Crippen molar-refractivity contribution in [2.45, 2.75) is 25.7 Å². The minimum Gasteiger partial charge on any atom is -0.214 e. The summed E-state index contributed by atoms with van der Waals surface area (Å²) < 4.78 is 25.2. The van der Waals surface area contributed by atoms with Crippen molar-refractivity contribution in [2.24, 2.45) is 17.8 Å². The van der Waals surface area contributed by atoms with E-state index in [2.05, 4.69) is 20.7 Å². The number of nitrogens with one attached hydrogen (secondary N) is 1. The van der Waals surface area contributed by atoms with Crippen molar-refractivity contribution >= 4 is 26.0 Å². The smallest absolute Gasteiger partial charge is 0.214 e. The van der Waals surface area contributed by atoms with Gasteiger partial charge in [0.1, 0.15) is 4.66 Å². The van der Waals surface area contributed by atoms with Gasteiger partial charge in [-0.05, 0) is 43.4 Å². The fraction of sp³-hybridized carbons (Fsp3) is 1.00. The molecule has 2 saturated carbocycles. The van der Waals surface area contributed by atoms with E-state index in [9.17, 15) is 8.42 Å². The zero-order valence-electron chi connectivity index (χ0n) is 8.08. The molecule has 5 heteroatoms. The Labute approximate surface area is 93.8 Å². The van der Waals surface area contributed by atoms with Crippen LogP contribution in [0.4, 0.5) is 0 Å². The summed E-state index contributed by atoms with van der Waals surface area (Å²) in [5, 5.41) is 0. The molecule has 1 N–H and O–H groups in total. The lowest BCUT2D eigenvalue weighted by atomic mass is 9.99. The molecule has 2 aliphatic carbocycles. The van der Waals surface area contributed by atoms with Gasteiger partial charge < -0.3 is 0 Å². The summed E-state index contributed by atoms with van der Waals surface area (Å²) in [5.74, 6) is 2.23. The molecule has 0 radical (unpaired) electrons. The van der Waals surface area contributed by atoms with Gasteiger partial charge in [0.2, 0.25) is 10.0 Å². The van der Waals surface area contributed by atoms with Gasteiger partial charge in [0.15, 0.2) is 0 Å². The lowest BCUT2D eigenvalue weighted by Gasteiger charge is -2.15. The van der Waals surface area contributed by atoms with Crippen LogP contribution in [0.15, 0.2) is 0 Å². The highest BCUT2D eigenvalue weighted by molar-refractivity contribution is 9.10. The minimum absolute atomic E-state index is 0.0159.